The first kappa shape index (κ1) is 18.0. The van der Waals surface area contributed by atoms with E-state index >= 15 is 0 Å². The average Bonchev–Trinajstić information content (AvgIpc) is 3.28. The minimum atomic E-state index is -4.57. The van der Waals surface area contributed by atoms with Crippen LogP contribution in [0.1, 0.15) is 15.9 Å². The molecule has 142 valence electrons. The summed E-state index contributed by atoms with van der Waals surface area (Å²) in [6, 6.07) is 4.24. The van der Waals surface area contributed by atoms with E-state index in [0.29, 0.717) is 22.4 Å². The van der Waals surface area contributed by atoms with Gasteiger partial charge in [-0.15, -0.1) is 0 Å². The van der Waals surface area contributed by atoms with Crippen LogP contribution < -0.4 is 5.73 Å². The highest BCUT2D eigenvalue weighted by molar-refractivity contribution is 6.33. The predicted octanol–water partition coefficient (Wildman–Crippen LogP) is 3.79. The van der Waals surface area contributed by atoms with Gasteiger partial charge in [0.25, 0.3) is 5.91 Å². The van der Waals surface area contributed by atoms with Gasteiger partial charge in [0.2, 0.25) is 0 Å². The molecule has 0 bridgehead atoms. The molecule has 7 nitrogen and oxygen atoms in total. The number of fused-ring (bicyclic) bond motifs is 1. The number of benzene rings is 1. The number of carbonyl (C=O) groups excluding carboxylic acids is 1. The highest BCUT2D eigenvalue weighted by Crippen LogP contribution is 2.38. The van der Waals surface area contributed by atoms with Gasteiger partial charge in [0.05, 0.1) is 34.1 Å². The van der Waals surface area contributed by atoms with Gasteiger partial charge in [-0.2, -0.15) is 18.3 Å². The minimum Gasteiger partial charge on any atom is -0.366 e. The standard InChI is InChI=1S/C17H10ClF3N6O/c18-11-2-1-7(17(19,20)21)3-8(11)13-9(15(22)28)4-12(26-13)14-10-5-25-27-16(10)24-6-23-14/h1-6,26H,(H2,22,28)(H,23,24,25,27). The molecule has 1 amide bonds. The lowest BCUT2D eigenvalue weighted by Crippen LogP contribution is -2.11. The first-order valence-electron chi connectivity index (χ1n) is 7.80. The fraction of sp³-hybridized carbons (Fsp3) is 0.0588. The number of hydrogen-bond donors (Lipinski definition) is 3. The van der Waals surface area contributed by atoms with Crippen molar-refractivity contribution in [3.8, 4) is 22.6 Å². The molecular weight excluding hydrogens is 397 g/mol. The van der Waals surface area contributed by atoms with Crippen LogP contribution in [0.15, 0.2) is 36.8 Å². The van der Waals surface area contributed by atoms with Crippen molar-refractivity contribution in [1.82, 2.24) is 25.1 Å². The Kier molecular flexibility index (Phi) is 4.07. The lowest BCUT2D eigenvalue weighted by atomic mass is 10.0. The van der Waals surface area contributed by atoms with E-state index in [2.05, 4.69) is 25.1 Å². The van der Waals surface area contributed by atoms with Gasteiger partial charge in [-0.25, -0.2) is 9.97 Å². The van der Waals surface area contributed by atoms with E-state index in [0.717, 1.165) is 18.2 Å². The van der Waals surface area contributed by atoms with E-state index in [1.165, 1.54) is 18.6 Å². The second kappa shape index (κ2) is 6.34. The molecular formula is C17H10ClF3N6O. The van der Waals surface area contributed by atoms with Gasteiger partial charge in [-0.05, 0) is 24.3 Å². The van der Waals surface area contributed by atoms with Crippen LogP contribution in [0.5, 0.6) is 0 Å². The third-order valence-electron chi connectivity index (χ3n) is 4.15. The monoisotopic (exact) mass is 406 g/mol. The molecule has 0 unspecified atom stereocenters. The summed E-state index contributed by atoms with van der Waals surface area (Å²) in [5.74, 6) is -0.830. The number of H-pyrrole nitrogens is 2. The first-order chi connectivity index (χ1) is 13.3. The Labute approximate surface area is 159 Å². The zero-order valence-electron chi connectivity index (χ0n) is 13.8. The number of halogens is 4. The molecule has 28 heavy (non-hydrogen) atoms. The molecule has 0 atom stereocenters. The molecule has 0 fully saturated rings. The maximum Gasteiger partial charge on any atom is 0.416 e. The number of hydrogen-bond acceptors (Lipinski definition) is 4. The summed E-state index contributed by atoms with van der Waals surface area (Å²) >= 11 is 6.11. The molecule has 0 aliphatic heterocycles. The molecule has 4 N–H and O–H groups in total. The normalized spacial score (nSPS) is 11.9. The third kappa shape index (κ3) is 2.97. The van der Waals surface area contributed by atoms with E-state index in [-0.39, 0.29) is 21.8 Å². The molecule has 3 heterocycles. The summed E-state index contributed by atoms with van der Waals surface area (Å²) in [5.41, 5.74) is 5.77. The molecule has 0 spiro atoms. The van der Waals surface area contributed by atoms with Crippen LogP contribution in [0.2, 0.25) is 5.02 Å². The fourth-order valence-electron chi connectivity index (χ4n) is 2.86. The van der Waals surface area contributed by atoms with Crippen LogP contribution in [0.4, 0.5) is 13.2 Å². The van der Waals surface area contributed by atoms with Crippen LogP contribution in [0, 0.1) is 0 Å². The van der Waals surface area contributed by atoms with E-state index in [4.69, 9.17) is 17.3 Å². The van der Waals surface area contributed by atoms with Crippen molar-refractivity contribution in [2.45, 2.75) is 6.18 Å². The molecule has 0 saturated carbocycles. The Morgan fingerprint density at radius 2 is 1.96 bits per heavy atom. The van der Waals surface area contributed by atoms with Gasteiger partial charge in [-0.3, -0.25) is 9.89 Å². The molecule has 0 saturated heterocycles. The van der Waals surface area contributed by atoms with Gasteiger partial charge in [0.15, 0.2) is 5.65 Å². The van der Waals surface area contributed by atoms with Gasteiger partial charge >= 0.3 is 6.18 Å². The van der Waals surface area contributed by atoms with E-state index in [1.807, 2.05) is 0 Å². The van der Waals surface area contributed by atoms with Gasteiger partial charge in [0.1, 0.15) is 12.0 Å². The van der Waals surface area contributed by atoms with Crippen molar-refractivity contribution in [2.75, 3.05) is 0 Å². The second-order valence-corrected chi connectivity index (χ2v) is 6.29. The number of aromatic amines is 2. The summed E-state index contributed by atoms with van der Waals surface area (Å²) in [6.07, 6.45) is -1.79. The summed E-state index contributed by atoms with van der Waals surface area (Å²) in [7, 11) is 0. The van der Waals surface area contributed by atoms with E-state index in [9.17, 15) is 18.0 Å². The Hall–Kier alpha value is -3.40. The maximum absolute atomic E-state index is 13.1. The van der Waals surface area contributed by atoms with Crippen LogP contribution >= 0.6 is 11.6 Å². The van der Waals surface area contributed by atoms with Crippen molar-refractivity contribution in [3.63, 3.8) is 0 Å². The number of alkyl halides is 3. The molecule has 4 rings (SSSR count). The van der Waals surface area contributed by atoms with E-state index < -0.39 is 17.6 Å². The second-order valence-electron chi connectivity index (χ2n) is 5.88. The first-order valence-corrected chi connectivity index (χ1v) is 8.18. The highest BCUT2D eigenvalue weighted by Gasteiger charge is 2.31. The maximum atomic E-state index is 13.1. The molecule has 0 aliphatic carbocycles. The number of nitrogens with zero attached hydrogens (tertiary/aromatic N) is 3. The summed E-state index contributed by atoms with van der Waals surface area (Å²) in [6.45, 7) is 0. The number of primary amides is 1. The van der Waals surface area contributed by atoms with E-state index in [1.54, 1.807) is 0 Å². The SMILES string of the molecule is NC(=O)c1cc(-c2ncnc3[nH]ncc23)[nH]c1-c1cc(C(F)(F)F)ccc1Cl. The Morgan fingerprint density at radius 3 is 2.68 bits per heavy atom. The number of rotatable bonds is 3. The van der Waals surface area contributed by atoms with Gasteiger partial charge < -0.3 is 10.7 Å². The zero-order chi connectivity index (χ0) is 20.1. The topological polar surface area (TPSA) is 113 Å². The summed E-state index contributed by atoms with van der Waals surface area (Å²) < 4.78 is 39.3. The van der Waals surface area contributed by atoms with Crippen LogP contribution in [0.3, 0.4) is 0 Å². The average molecular weight is 407 g/mol. The molecule has 11 heteroatoms. The number of carbonyl (C=O) groups is 1. The Morgan fingerprint density at radius 1 is 1.18 bits per heavy atom. The Bertz CT molecular complexity index is 1210. The molecule has 0 aliphatic rings. The molecule has 3 aromatic heterocycles. The number of nitrogens with two attached hydrogens (primary N) is 1. The highest BCUT2D eigenvalue weighted by atomic mass is 35.5. The van der Waals surface area contributed by atoms with Crippen molar-refractivity contribution in [3.05, 3.63) is 52.9 Å². The van der Waals surface area contributed by atoms with Crippen molar-refractivity contribution < 1.29 is 18.0 Å². The van der Waals surface area contributed by atoms with Crippen molar-refractivity contribution in [1.29, 1.82) is 0 Å². The van der Waals surface area contributed by atoms with Crippen LogP contribution in [-0.4, -0.2) is 31.1 Å². The number of amides is 1. The van der Waals surface area contributed by atoms with Crippen LogP contribution in [-0.2, 0) is 6.18 Å². The fourth-order valence-corrected chi connectivity index (χ4v) is 3.07. The van der Waals surface area contributed by atoms with Gasteiger partial charge in [0, 0.05) is 10.6 Å². The third-order valence-corrected chi connectivity index (χ3v) is 4.48. The quantitative estimate of drug-likeness (QED) is 0.480. The van der Waals surface area contributed by atoms with Crippen molar-refractivity contribution in [2.24, 2.45) is 5.73 Å². The summed E-state index contributed by atoms with van der Waals surface area (Å²) in [5, 5.41) is 7.15. The largest absolute Gasteiger partial charge is 0.416 e. The lowest BCUT2D eigenvalue weighted by Gasteiger charge is -2.10. The van der Waals surface area contributed by atoms with Gasteiger partial charge in [-0.1, -0.05) is 11.6 Å². The van der Waals surface area contributed by atoms with Crippen molar-refractivity contribution >= 4 is 28.5 Å². The van der Waals surface area contributed by atoms with Crippen LogP contribution in [0.25, 0.3) is 33.7 Å². The Balaban J connectivity index is 1.94. The number of nitrogens with one attached hydrogen (secondary N) is 2. The molecule has 0 radical (unpaired) electrons. The lowest BCUT2D eigenvalue weighted by molar-refractivity contribution is -0.137. The molecule has 1 aromatic carbocycles. The zero-order valence-corrected chi connectivity index (χ0v) is 14.6. The number of aromatic nitrogens is 5. The molecule has 4 aromatic rings. The minimum absolute atomic E-state index is 0.00552. The summed E-state index contributed by atoms with van der Waals surface area (Å²) in [4.78, 5) is 23.0. The predicted molar refractivity (Wildman–Crippen MR) is 95.4 cm³/mol. The smallest absolute Gasteiger partial charge is 0.366 e.